The Morgan fingerprint density at radius 1 is 1.21 bits per heavy atom. The van der Waals surface area contributed by atoms with Crippen molar-refractivity contribution in [3.63, 3.8) is 0 Å². The Balaban J connectivity index is 1.85. The fourth-order valence-corrected chi connectivity index (χ4v) is 3.46. The van der Waals surface area contributed by atoms with Gasteiger partial charge < -0.3 is 0 Å². The molecule has 0 atom stereocenters. The maximum absolute atomic E-state index is 11.9. The van der Waals surface area contributed by atoms with Gasteiger partial charge in [0.1, 0.15) is 0 Å². The Labute approximate surface area is 156 Å². The van der Waals surface area contributed by atoms with E-state index in [2.05, 4.69) is 57.6 Å². The standard InChI is InChI=1S/C19H21BrN2OS/c1-4-15-5-7-16(8-6-15)11-21-22-19(23)12-24-18-10-13(2)17(20)9-14(18)3/h5-11H,4,12H2,1-3H3,(H,22,23)/b21-11+. The van der Waals surface area contributed by atoms with E-state index in [4.69, 9.17) is 0 Å². The number of hydrogen-bond donors (Lipinski definition) is 1. The lowest BCUT2D eigenvalue weighted by molar-refractivity contribution is -0.118. The van der Waals surface area contributed by atoms with Gasteiger partial charge in [0, 0.05) is 9.37 Å². The van der Waals surface area contributed by atoms with Crippen molar-refractivity contribution in [3.05, 3.63) is 63.1 Å². The van der Waals surface area contributed by atoms with E-state index in [9.17, 15) is 4.79 Å². The van der Waals surface area contributed by atoms with Crippen LogP contribution in [0.25, 0.3) is 0 Å². The molecule has 0 aliphatic heterocycles. The summed E-state index contributed by atoms with van der Waals surface area (Å²) in [5.41, 5.74) is 7.15. The highest BCUT2D eigenvalue weighted by Crippen LogP contribution is 2.28. The molecule has 0 fully saturated rings. The van der Waals surface area contributed by atoms with Crippen molar-refractivity contribution >= 4 is 39.8 Å². The number of carbonyl (C=O) groups excluding carboxylic acids is 1. The van der Waals surface area contributed by atoms with E-state index >= 15 is 0 Å². The molecular formula is C19H21BrN2OS. The van der Waals surface area contributed by atoms with Crippen molar-refractivity contribution in [2.45, 2.75) is 32.1 Å². The molecule has 0 heterocycles. The number of benzene rings is 2. The number of hydrazone groups is 1. The largest absolute Gasteiger partial charge is 0.272 e. The van der Waals surface area contributed by atoms with Crippen LogP contribution in [0.4, 0.5) is 0 Å². The molecule has 0 bridgehead atoms. The fraction of sp³-hybridized carbons (Fsp3) is 0.263. The van der Waals surface area contributed by atoms with Crippen LogP contribution in [0.3, 0.4) is 0 Å². The van der Waals surface area contributed by atoms with E-state index in [1.165, 1.54) is 17.3 Å². The van der Waals surface area contributed by atoms with Crippen LogP contribution in [-0.2, 0) is 11.2 Å². The Kier molecular flexibility index (Phi) is 7.06. The summed E-state index contributed by atoms with van der Waals surface area (Å²) < 4.78 is 1.09. The SMILES string of the molecule is CCc1ccc(/C=N/NC(=O)CSc2cc(C)c(Br)cc2C)cc1. The van der Waals surface area contributed by atoms with E-state index in [-0.39, 0.29) is 5.91 Å². The molecule has 5 heteroatoms. The molecule has 0 saturated heterocycles. The van der Waals surface area contributed by atoms with Crippen LogP contribution in [0, 0.1) is 13.8 Å². The predicted molar refractivity (Wildman–Crippen MR) is 106 cm³/mol. The molecule has 0 aromatic heterocycles. The second-order valence-electron chi connectivity index (χ2n) is 5.54. The predicted octanol–water partition coefficient (Wildman–Crippen LogP) is 4.87. The number of aryl methyl sites for hydroxylation is 3. The fourth-order valence-electron chi connectivity index (χ4n) is 2.10. The zero-order chi connectivity index (χ0) is 17.5. The second kappa shape index (κ2) is 9.04. The van der Waals surface area contributed by atoms with Crippen LogP contribution in [0.2, 0.25) is 0 Å². The third-order valence-corrected chi connectivity index (χ3v) is 5.62. The number of hydrogen-bond acceptors (Lipinski definition) is 3. The number of nitrogens with one attached hydrogen (secondary N) is 1. The quantitative estimate of drug-likeness (QED) is 0.423. The highest BCUT2D eigenvalue weighted by molar-refractivity contribution is 9.10. The van der Waals surface area contributed by atoms with E-state index in [0.717, 1.165) is 32.5 Å². The molecule has 126 valence electrons. The van der Waals surface area contributed by atoms with Gasteiger partial charge in [-0.05, 0) is 54.7 Å². The van der Waals surface area contributed by atoms with Crippen molar-refractivity contribution in [3.8, 4) is 0 Å². The Bertz CT molecular complexity index is 742. The molecular weight excluding hydrogens is 384 g/mol. The minimum absolute atomic E-state index is 0.110. The summed E-state index contributed by atoms with van der Waals surface area (Å²) in [6.07, 6.45) is 2.68. The lowest BCUT2D eigenvalue weighted by Gasteiger charge is -2.08. The molecule has 3 nitrogen and oxygen atoms in total. The molecule has 0 aliphatic carbocycles. The maximum atomic E-state index is 11.9. The molecule has 0 radical (unpaired) electrons. The van der Waals surface area contributed by atoms with Crippen molar-refractivity contribution in [1.82, 2.24) is 5.43 Å². The summed E-state index contributed by atoms with van der Waals surface area (Å²) in [7, 11) is 0. The molecule has 24 heavy (non-hydrogen) atoms. The monoisotopic (exact) mass is 404 g/mol. The van der Waals surface area contributed by atoms with Gasteiger partial charge in [-0.25, -0.2) is 5.43 Å². The zero-order valence-corrected chi connectivity index (χ0v) is 16.5. The van der Waals surface area contributed by atoms with Gasteiger partial charge in [0.2, 0.25) is 5.91 Å². The zero-order valence-electron chi connectivity index (χ0n) is 14.1. The van der Waals surface area contributed by atoms with Crippen LogP contribution in [0.5, 0.6) is 0 Å². The number of amides is 1. The topological polar surface area (TPSA) is 41.5 Å². The minimum atomic E-state index is -0.110. The lowest BCUT2D eigenvalue weighted by atomic mass is 10.1. The van der Waals surface area contributed by atoms with E-state index in [1.54, 1.807) is 6.21 Å². The Morgan fingerprint density at radius 3 is 2.58 bits per heavy atom. The molecule has 2 aromatic rings. The molecule has 0 spiro atoms. The van der Waals surface area contributed by atoms with Crippen LogP contribution >= 0.6 is 27.7 Å². The highest BCUT2D eigenvalue weighted by atomic mass is 79.9. The summed E-state index contributed by atoms with van der Waals surface area (Å²) >= 11 is 5.04. The average Bonchev–Trinajstić information content (AvgIpc) is 2.57. The number of thioether (sulfide) groups is 1. The summed E-state index contributed by atoms with van der Waals surface area (Å²) in [5.74, 6) is 0.231. The molecule has 2 aromatic carbocycles. The van der Waals surface area contributed by atoms with Crippen molar-refractivity contribution < 1.29 is 4.79 Å². The maximum Gasteiger partial charge on any atom is 0.250 e. The first kappa shape index (κ1) is 18.7. The van der Waals surface area contributed by atoms with Crippen LogP contribution in [0.1, 0.15) is 29.2 Å². The van der Waals surface area contributed by atoms with Crippen LogP contribution in [0.15, 0.2) is 50.9 Å². The first-order valence-corrected chi connectivity index (χ1v) is 9.58. The molecule has 1 amide bonds. The van der Waals surface area contributed by atoms with Gasteiger partial charge in [-0.3, -0.25) is 4.79 Å². The van der Waals surface area contributed by atoms with Gasteiger partial charge in [0.15, 0.2) is 0 Å². The number of carbonyl (C=O) groups is 1. The van der Waals surface area contributed by atoms with Gasteiger partial charge in [-0.1, -0.05) is 47.1 Å². The number of halogens is 1. The molecule has 0 aliphatic rings. The van der Waals surface area contributed by atoms with Gasteiger partial charge in [0.25, 0.3) is 0 Å². The van der Waals surface area contributed by atoms with Gasteiger partial charge in [-0.2, -0.15) is 5.10 Å². The van der Waals surface area contributed by atoms with Gasteiger partial charge in [-0.15, -0.1) is 11.8 Å². The molecule has 1 N–H and O–H groups in total. The summed E-state index contributed by atoms with van der Waals surface area (Å²) in [4.78, 5) is 13.0. The van der Waals surface area contributed by atoms with Crippen molar-refractivity contribution in [1.29, 1.82) is 0 Å². The Hall–Kier alpha value is -1.59. The number of nitrogens with zero attached hydrogens (tertiary/aromatic N) is 1. The van der Waals surface area contributed by atoms with E-state index in [0.29, 0.717) is 5.75 Å². The first-order valence-electron chi connectivity index (χ1n) is 7.80. The van der Waals surface area contributed by atoms with Gasteiger partial charge >= 0.3 is 0 Å². The average molecular weight is 405 g/mol. The normalized spacial score (nSPS) is 11.0. The van der Waals surface area contributed by atoms with Crippen molar-refractivity contribution in [2.75, 3.05) is 5.75 Å². The van der Waals surface area contributed by atoms with Crippen molar-refractivity contribution in [2.24, 2.45) is 5.10 Å². The Morgan fingerprint density at radius 2 is 1.92 bits per heavy atom. The van der Waals surface area contributed by atoms with E-state index in [1.807, 2.05) is 26.0 Å². The van der Waals surface area contributed by atoms with E-state index < -0.39 is 0 Å². The summed E-state index contributed by atoms with van der Waals surface area (Å²) in [5, 5.41) is 4.02. The minimum Gasteiger partial charge on any atom is -0.272 e. The lowest BCUT2D eigenvalue weighted by Crippen LogP contribution is -2.19. The molecule has 0 saturated carbocycles. The van der Waals surface area contributed by atoms with Gasteiger partial charge in [0.05, 0.1) is 12.0 Å². The third-order valence-electron chi connectivity index (χ3n) is 3.61. The summed E-state index contributed by atoms with van der Waals surface area (Å²) in [6, 6.07) is 12.3. The first-order chi connectivity index (χ1) is 11.5. The van der Waals surface area contributed by atoms with Crippen LogP contribution < -0.4 is 5.43 Å². The smallest absolute Gasteiger partial charge is 0.250 e. The third kappa shape index (κ3) is 5.49. The highest BCUT2D eigenvalue weighted by Gasteiger charge is 2.06. The summed E-state index contributed by atoms with van der Waals surface area (Å²) in [6.45, 7) is 6.21. The van der Waals surface area contributed by atoms with Crippen LogP contribution in [-0.4, -0.2) is 17.9 Å². The molecule has 2 rings (SSSR count). The number of rotatable bonds is 6. The second-order valence-corrected chi connectivity index (χ2v) is 7.42. The molecule has 0 unspecified atom stereocenters.